The molecule has 0 saturated carbocycles. The molecule has 2 N–H and O–H groups in total. The van der Waals surface area contributed by atoms with Crippen molar-refractivity contribution >= 4 is 17.5 Å². The zero-order valence-electron chi connectivity index (χ0n) is 10.8. The molecule has 0 spiro atoms. The van der Waals surface area contributed by atoms with E-state index in [0.717, 1.165) is 19.6 Å². The maximum Gasteiger partial charge on any atom is 0.252 e. The van der Waals surface area contributed by atoms with Gasteiger partial charge in [0.2, 0.25) is 0 Å². The van der Waals surface area contributed by atoms with Gasteiger partial charge in [0.25, 0.3) is 5.91 Å². The van der Waals surface area contributed by atoms with E-state index >= 15 is 0 Å². The SMILES string of the molecule is CCN(CC)CCOc1ccc(Cl)cc1C(N)=O. The fourth-order valence-electron chi connectivity index (χ4n) is 1.65. The third kappa shape index (κ3) is 4.20. The second kappa shape index (κ2) is 7.24. The van der Waals surface area contributed by atoms with Crippen LogP contribution >= 0.6 is 11.6 Å². The number of carbonyl (C=O) groups is 1. The Hall–Kier alpha value is -1.26. The van der Waals surface area contributed by atoms with Crippen LogP contribution in [0.25, 0.3) is 0 Å². The lowest BCUT2D eigenvalue weighted by molar-refractivity contribution is 0.0995. The predicted octanol–water partition coefficient (Wildman–Crippen LogP) is 2.16. The van der Waals surface area contributed by atoms with Crippen molar-refractivity contribution in [1.82, 2.24) is 4.90 Å². The first-order valence-electron chi connectivity index (χ1n) is 6.03. The van der Waals surface area contributed by atoms with Gasteiger partial charge in [-0.05, 0) is 31.3 Å². The van der Waals surface area contributed by atoms with Crippen molar-refractivity contribution in [3.63, 3.8) is 0 Å². The van der Waals surface area contributed by atoms with E-state index in [0.29, 0.717) is 22.9 Å². The summed E-state index contributed by atoms with van der Waals surface area (Å²) in [5, 5.41) is 0.472. The summed E-state index contributed by atoms with van der Waals surface area (Å²) in [5.74, 6) is -0.0469. The molecular formula is C13H19ClN2O2. The van der Waals surface area contributed by atoms with E-state index in [1.54, 1.807) is 12.1 Å². The van der Waals surface area contributed by atoms with Crippen LogP contribution in [0.5, 0.6) is 5.75 Å². The molecule has 5 heteroatoms. The highest BCUT2D eigenvalue weighted by Crippen LogP contribution is 2.22. The average molecular weight is 271 g/mol. The molecule has 0 atom stereocenters. The van der Waals surface area contributed by atoms with Gasteiger partial charge in [-0.3, -0.25) is 4.79 Å². The van der Waals surface area contributed by atoms with Crippen molar-refractivity contribution in [3.8, 4) is 5.75 Å². The lowest BCUT2D eigenvalue weighted by Gasteiger charge is -2.18. The van der Waals surface area contributed by atoms with Gasteiger partial charge in [-0.25, -0.2) is 0 Å². The summed E-state index contributed by atoms with van der Waals surface area (Å²) in [5.41, 5.74) is 5.60. The minimum atomic E-state index is -0.532. The lowest BCUT2D eigenvalue weighted by atomic mass is 10.2. The smallest absolute Gasteiger partial charge is 0.252 e. The number of nitrogens with zero attached hydrogens (tertiary/aromatic N) is 1. The van der Waals surface area contributed by atoms with Crippen LogP contribution in [-0.4, -0.2) is 37.0 Å². The first-order chi connectivity index (χ1) is 8.58. The Bertz CT molecular complexity index is 406. The highest BCUT2D eigenvalue weighted by atomic mass is 35.5. The topological polar surface area (TPSA) is 55.6 Å². The van der Waals surface area contributed by atoms with Gasteiger partial charge in [-0.1, -0.05) is 25.4 Å². The molecule has 4 nitrogen and oxygen atoms in total. The molecule has 0 aliphatic rings. The number of nitrogens with two attached hydrogens (primary N) is 1. The van der Waals surface area contributed by atoms with E-state index in [1.165, 1.54) is 6.07 Å². The highest BCUT2D eigenvalue weighted by Gasteiger charge is 2.10. The Balaban J connectivity index is 2.64. The van der Waals surface area contributed by atoms with Crippen molar-refractivity contribution in [1.29, 1.82) is 0 Å². The second-order valence-corrected chi connectivity index (χ2v) is 4.32. The molecule has 0 unspecified atom stereocenters. The Morgan fingerprint density at radius 3 is 2.61 bits per heavy atom. The minimum absolute atomic E-state index is 0.321. The first kappa shape index (κ1) is 14.8. The highest BCUT2D eigenvalue weighted by molar-refractivity contribution is 6.31. The quantitative estimate of drug-likeness (QED) is 0.826. The summed E-state index contributed by atoms with van der Waals surface area (Å²) in [6.45, 7) is 7.48. The Morgan fingerprint density at radius 2 is 2.06 bits per heavy atom. The first-order valence-corrected chi connectivity index (χ1v) is 6.40. The van der Waals surface area contributed by atoms with E-state index in [2.05, 4.69) is 18.7 Å². The molecule has 18 heavy (non-hydrogen) atoms. The zero-order valence-corrected chi connectivity index (χ0v) is 11.5. The summed E-state index contributed by atoms with van der Waals surface area (Å²) in [6.07, 6.45) is 0. The number of rotatable bonds is 7. The molecule has 0 bridgehead atoms. The summed E-state index contributed by atoms with van der Waals surface area (Å²) in [6, 6.07) is 4.88. The predicted molar refractivity (Wildman–Crippen MR) is 73.3 cm³/mol. The van der Waals surface area contributed by atoms with Gasteiger partial charge in [0.05, 0.1) is 5.56 Å². The van der Waals surface area contributed by atoms with Gasteiger partial charge in [0, 0.05) is 11.6 Å². The number of amides is 1. The number of primary amides is 1. The van der Waals surface area contributed by atoms with Crippen molar-refractivity contribution in [2.24, 2.45) is 5.73 Å². The Morgan fingerprint density at radius 1 is 1.39 bits per heavy atom. The fourth-order valence-corrected chi connectivity index (χ4v) is 1.82. The molecule has 1 aromatic carbocycles. The fraction of sp³-hybridized carbons (Fsp3) is 0.462. The molecule has 0 saturated heterocycles. The van der Waals surface area contributed by atoms with E-state index in [-0.39, 0.29) is 0 Å². The average Bonchev–Trinajstić information content (AvgIpc) is 2.36. The molecule has 1 aromatic rings. The molecule has 0 aliphatic heterocycles. The van der Waals surface area contributed by atoms with Crippen molar-refractivity contribution in [3.05, 3.63) is 28.8 Å². The standard InChI is InChI=1S/C13H19ClN2O2/c1-3-16(4-2)7-8-18-12-6-5-10(14)9-11(12)13(15)17/h5-6,9H,3-4,7-8H2,1-2H3,(H2,15,17). The van der Waals surface area contributed by atoms with Crippen LogP contribution in [-0.2, 0) is 0 Å². The molecule has 0 aromatic heterocycles. The van der Waals surface area contributed by atoms with Crippen LogP contribution in [0.15, 0.2) is 18.2 Å². The van der Waals surface area contributed by atoms with Gasteiger partial charge < -0.3 is 15.4 Å². The van der Waals surface area contributed by atoms with Crippen LogP contribution in [0.3, 0.4) is 0 Å². The van der Waals surface area contributed by atoms with Gasteiger partial charge in [-0.15, -0.1) is 0 Å². The van der Waals surface area contributed by atoms with Crippen molar-refractivity contribution in [2.45, 2.75) is 13.8 Å². The monoisotopic (exact) mass is 270 g/mol. The van der Waals surface area contributed by atoms with Crippen molar-refractivity contribution < 1.29 is 9.53 Å². The number of likely N-dealkylation sites (N-methyl/N-ethyl adjacent to an activating group) is 1. The normalized spacial score (nSPS) is 10.7. The van der Waals surface area contributed by atoms with E-state index < -0.39 is 5.91 Å². The molecule has 1 rings (SSSR count). The third-order valence-electron chi connectivity index (χ3n) is 2.77. The number of benzene rings is 1. The maximum absolute atomic E-state index is 11.3. The molecule has 100 valence electrons. The number of hydrogen-bond donors (Lipinski definition) is 1. The Labute approximate surface area is 113 Å². The number of ether oxygens (including phenoxy) is 1. The van der Waals surface area contributed by atoms with Gasteiger partial charge in [-0.2, -0.15) is 0 Å². The van der Waals surface area contributed by atoms with Crippen LogP contribution in [0.2, 0.25) is 5.02 Å². The molecule has 0 heterocycles. The van der Waals surface area contributed by atoms with Gasteiger partial charge >= 0.3 is 0 Å². The van der Waals surface area contributed by atoms with Crippen LogP contribution in [0.4, 0.5) is 0 Å². The summed E-state index contributed by atoms with van der Waals surface area (Å²) in [7, 11) is 0. The van der Waals surface area contributed by atoms with E-state index in [4.69, 9.17) is 22.1 Å². The molecule has 0 aliphatic carbocycles. The number of carbonyl (C=O) groups excluding carboxylic acids is 1. The number of hydrogen-bond acceptors (Lipinski definition) is 3. The molecule has 0 radical (unpaired) electrons. The largest absolute Gasteiger partial charge is 0.491 e. The van der Waals surface area contributed by atoms with E-state index in [9.17, 15) is 4.79 Å². The van der Waals surface area contributed by atoms with Gasteiger partial charge in [0.1, 0.15) is 12.4 Å². The molecular weight excluding hydrogens is 252 g/mol. The number of halogens is 1. The molecule has 0 fully saturated rings. The summed E-state index contributed by atoms with van der Waals surface area (Å²) >= 11 is 5.82. The van der Waals surface area contributed by atoms with Gasteiger partial charge in [0.15, 0.2) is 0 Å². The zero-order chi connectivity index (χ0) is 13.5. The Kier molecular flexibility index (Phi) is 5.95. The van der Waals surface area contributed by atoms with Crippen LogP contribution in [0.1, 0.15) is 24.2 Å². The second-order valence-electron chi connectivity index (χ2n) is 3.88. The maximum atomic E-state index is 11.3. The van der Waals surface area contributed by atoms with Crippen LogP contribution in [0, 0.1) is 0 Å². The van der Waals surface area contributed by atoms with E-state index in [1.807, 2.05) is 0 Å². The lowest BCUT2D eigenvalue weighted by Crippen LogP contribution is -2.28. The van der Waals surface area contributed by atoms with Crippen LogP contribution < -0.4 is 10.5 Å². The molecule has 1 amide bonds. The third-order valence-corrected chi connectivity index (χ3v) is 3.00. The minimum Gasteiger partial charge on any atom is -0.491 e. The summed E-state index contributed by atoms with van der Waals surface area (Å²) < 4.78 is 5.59. The summed E-state index contributed by atoms with van der Waals surface area (Å²) in [4.78, 5) is 13.5. The van der Waals surface area contributed by atoms with Crippen molar-refractivity contribution in [2.75, 3.05) is 26.2 Å².